The molecular formula is C21H18N2O. The van der Waals surface area contributed by atoms with Crippen LogP contribution < -0.4 is 0 Å². The van der Waals surface area contributed by atoms with E-state index < -0.39 is 0 Å². The number of hydrogen-bond acceptors (Lipinski definition) is 2. The number of fused-ring (bicyclic) bond motifs is 1. The van der Waals surface area contributed by atoms with Gasteiger partial charge >= 0.3 is 0 Å². The fourth-order valence-electron chi connectivity index (χ4n) is 3.12. The molecule has 2 aromatic carbocycles. The summed E-state index contributed by atoms with van der Waals surface area (Å²) in [6.07, 6.45) is 1.79. The van der Waals surface area contributed by atoms with Crippen LogP contribution >= 0.6 is 0 Å². The van der Waals surface area contributed by atoms with Crippen LogP contribution in [0.1, 0.15) is 27.0 Å². The summed E-state index contributed by atoms with van der Waals surface area (Å²) >= 11 is 0. The minimum Gasteiger partial charge on any atom is -0.330 e. The molecule has 0 saturated carbocycles. The van der Waals surface area contributed by atoms with E-state index in [1.54, 1.807) is 6.20 Å². The van der Waals surface area contributed by atoms with Crippen molar-refractivity contribution >= 4 is 5.91 Å². The van der Waals surface area contributed by atoms with E-state index in [-0.39, 0.29) is 5.91 Å². The van der Waals surface area contributed by atoms with Crippen molar-refractivity contribution in [3.63, 3.8) is 0 Å². The van der Waals surface area contributed by atoms with Gasteiger partial charge in [-0.15, -0.1) is 0 Å². The number of carbonyl (C=O) groups is 1. The summed E-state index contributed by atoms with van der Waals surface area (Å²) in [5, 5.41) is 0. The Morgan fingerprint density at radius 3 is 2.62 bits per heavy atom. The highest BCUT2D eigenvalue weighted by Crippen LogP contribution is 2.28. The molecule has 24 heavy (non-hydrogen) atoms. The largest absolute Gasteiger partial charge is 0.330 e. The second-order valence-electron chi connectivity index (χ2n) is 6.23. The highest BCUT2D eigenvalue weighted by atomic mass is 16.2. The lowest BCUT2D eigenvalue weighted by atomic mass is 10.0. The van der Waals surface area contributed by atoms with E-state index in [4.69, 9.17) is 0 Å². The molecule has 0 radical (unpaired) electrons. The zero-order chi connectivity index (χ0) is 16.5. The number of hydrogen-bond donors (Lipinski definition) is 0. The van der Waals surface area contributed by atoms with Crippen molar-refractivity contribution in [2.75, 3.05) is 0 Å². The van der Waals surface area contributed by atoms with Crippen molar-refractivity contribution in [3.05, 3.63) is 89.1 Å². The molecular weight excluding hydrogens is 296 g/mol. The molecule has 3 heteroatoms. The summed E-state index contributed by atoms with van der Waals surface area (Å²) in [5.41, 5.74) is 6.27. The number of nitrogens with zero attached hydrogens (tertiary/aromatic N) is 2. The first-order valence-electron chi connectivity index (χ1n) is 8.10. The van der Waals surface area contributed by atoms with Gasteiger partial charge in [-0.2, -0.15) is 0 Å². The average Bonchev–Trinajstić information content (AvgIpc) is 2.93. The maximum absolute atomic E-state index is 12.6. The van der Waals surface area contributed by atoms with E-state index in [9.17, 15) is 4.79 Å². The van der Waals surface area contributed by atoms with Crippen LogP contribution in [0, 0.1) is 6.92 Å². The summed E-state index contributed by atoms with van der Waals surface area (Å²) in [5.74, 6) is 0.109. The Morgan fingerprint density at radius 1 is 1.04 bits per heavy atom. The number of aromatic nitrogens is 1. The summed E-state index contributed by atoms with van der Waals surface area (Å²) in [7, 11) is 0. The van der Waals surface area contributed by atoms with E-state index in [1.807, 2.05) is 35.2 Å². The quantitative estimate of drug-likeness (QED) is 0.725. The van der Waals surface area contributed by atoms with Crippen LogP contribution in [0.4, 0.5) is 0 Å². The van der Waals surface area contributed by atoms with Gasteiger partial charge in [0.25, 0.3) is 5.91 Å². The van der Waals surface area contributed by atoms with Crippen LogP contribution in [0.3, 0.4) is 0 Å². The normalized spacial score (nSPS) is 13.2. The predicted octanol–water partition coefficient (Wildman–Crippen LogP) is 4.21. The molecule has 0 spiro atoms. The molecule has 0 atom stereocenters. The Labute approximate surface area is 141 Å². The van der Waals surface area contributed by atoms with Gasteiger partial charge in [0.1, 0.15) is 0 Å². The molecule has 2 heterocycles. The van der Waals surface area contributed by atoms with Crippen molar-refractivity contribution in [2.45, 2.75) is 20.0 Å². The monoisotopic (exact) mass is 314 g/mol. The molecule has 0 fully saturated rings. The van der Waals surface area contributed by atoms with Gasteiger partial charge in [-0.25, -0.2) is 0 Å². The number of aryl methyl sites for hydroxylation is 1. The molecule has 3 nitrogen and oxygen atoms in total. The Bertz CT molecular complexity index is 885. The van der Waals surface area contributed by atoms with Gasteiger partial charge in [-0.3, -0.25) is 9.78 Å². The zero-order valence-electron chi connectivity index (χ0n) is 13.6. The molecule has 1 amide bonds. The third kappa shape index (κ3) is 2.69. The van der Waals surface area contributed by atoms with Crippen LogP contribution in [0.15, 0.2) is 66.9 Å². The van der Waals surface area contributed by atoms with Crippen LogP contribution in [-0.2, 0) is 13.1 Å². The molecule has 1 aliphatic heterocycles. The predicted molar refractivity (Wildman–Crippen MR) is 94.4 cm³/mol. The van der Waals surface area contributed by atoms with Crippen molar-refractivity contribution in [1.29, 1.82) is 0 Å². The van der Waals surface area contributed by atoms with Gasteiger partial charge in [0.2, 0.25) is 0 Å². The maximum atomic E-state index is 12.6. The average molecular weight is 314 g/mol. The number of amides is 1. The number of carbonyl (C=O) groups excluding carboxylic acids is 1. The SMILES string of the molecule is Cc1ccc(CN2Cc3cc(-c4ccccn4)ccc3C2=O)cc1. The first kappa shape index (κ1) is 14.6. The molecule has 1 aliphatic rings. The van der Waals surface area contributed by atoms with Gasteiger partial charge in [-0.05, 0) is 42.3 Å². The van der Waals surface area contributed by atoms with Crippen LogP contribution in [-0.4, -0.2) is 15.8 Å². The van der Waals surface area contributed by atoms with E-state index in [0.29, 0.717) is 13.1 Å². The summed E-state index contributed by atoms with van der Waals surface area (Å²) in [4.78, 5) is 18.9. The van der Waals surface area contributed by atoms with Crippen molar-refractivity contribution < 1.29 is 4.79 Å². The van der Waals surface area contributed by atoms with E-state index >= 15 is 0 Å². The lowest BCUT2D eigenvalue weighted by Gasteiger charge is -2.15. The Morgan fingerprint density at radius 2 is 1.88 bits per heavy atom. The highest BCUT2D eigenvalue weighted by Gasteiger charge is 2.27. The number of rotatable bonds is 3. The van der Waals surface area contributed by atoms with Crippen LogP contribution in [0.2, 0.25) is 0 Å². The van der Waals surface area contributed by atoms with Crippen LogP contribution in [0.25, 0.3) is 11.3 Å². The summed E-state index contributed by atoms with van der Waals surface area (Å²) < 4.78 is 0. The molecule has 1 aromatic heterocycles. The van der Waals surface area contributed by atoms with Crippen molar-refractivity contribution in [3.8, 4) is 11.3 Å². The van der Waals surface area contributed by atoms with Gasteiger partial charge in [0.05, 0.1) is 5.69 Å². The minimum absolute atomic E-state index is 0.109. The van der Waals surface area contributed by atoms with Crippen molar-refractivity contribution in [1.82, 2.24) is 9.88 Å². The molecule has 0 aliphatic carbocycles. The third-order valence-electron chi connectivity index (χ3n) is 4.44. The molecule has 0 unspecified atom stereocenters. The van der Waals surface area contributed by atoms with Crippen LogP contribution in [0.5, 0.6) is 0 Å². The fraction of sp³-hybridized carbons (Fsp3) is 0.143. The highest BCUT2D eigenvalue weighted by molar-refractivity contribution is 5.98. The minimum atomic E-state index is 0.109. The van der Waals surface area contributed by atoms with Gasteiger partial charge in [0.15, 0.2) is 0 Å². The smallest absolute Gasteiger partial charge is 0.254 e. The topological polar surface area (TPSA) is 33.2 Å². The zero-order valence-corrected chi connectivity index (χ0v) is 13.6. The third-order valence-corrected chi connectivity index (χ3v) is 4.44. The Kier molecular flexibility index (Phi) is 3.62. The lowest BCUT2D eigenvalue weighted by Crippen LogP contribution is -2.23. The first-order valence-corrected chi connectivity index (χ1v) is 8.10. The molecule has 0 saturated heterocycles. The number of pyridine rings is 1. The Balaban J connectivity index is 1.59. The van der Waals surface area contributed by atoms with Crippen molar-refractivity contribution in [2.24, 2.45) is 0 Å². The molecule has 4 rings (SSSR count). The molecule has 0 N–H and O–H groups in total. The van der Waals surface area contributed by atoms with E-state index in [1.165, 1.54) is 5.56 Å². The van der Waals surface area contributed by atoms with E-state index in [0.717, 1.165) is 27.9 Å². The maximum Gasteiger partial charge on any atom is 0.254 e. The number of benzene rings is 2. The van der Waals surface area contributed by atoms with Gasteiger partial charge in [-0.1, -0.05) is 42.0 Å². The summed E-state index contributed by atoms with van der Waals surface area (Å²) in [6, 6.07) is 20.2. The fourth-order valence-corrected chi connectivity index (χ4v) is 3.12. The second kappa shape index (κ2) is 5.93. The lowest BCUT2D eigenvalue weighted by molar-refractivity contribution is 0.0766. The molecule has 118 valence electrons. The van der Waals surface area contributed by atoms with E-state index in [2.05, 4.69) is 42.2 Å². The second-order valence-corrected chi connectivity index (χ2v) is 6.23. The molecule has 0 bridgehead atoms. The summed E-state index contributed by atoms with van der Waals surface area (Å²) in [6.45, 7) is 3.37. The van der Waals surface area contributed by atoms with Gasteiger partial charge in [0, 0.05) is 30.4 Å². The first-order chi connectivity index (χ1) is 11.7. The van der Waals surface area contributed by atoms with Gasteiger partial charge < -0.3 is 4.90 Å². The molecule has 3 aromatic rings. The Hall–Kier alpha value is -2.94. The standard InChI is InChI=1S/C21H18N2O/c1-15-5-7-16(8-6-15)13-23-14-18-12-17(9-10-19(18)21(23)24)20-4-2-3-11-22-20/h2-12H,13-14H2,1H3.